The molecule has 0 spiro atoms. The lowest BCUT2D eigenvalue weighted by atomic mass is 10.1. The molecular formula is C18H34O5. The van der Waals surface area contributed by atoms with E-state index >= 15 is 0 Å². The number of hydrogen-bond donors (Lipinski definition) is 0. The Balaban J connectivity index is 3.49. The first-order chi connectivity index (χ1) is 11.0. The highest BCUT2D eigenvalue weighted by Crippen LogP contribution is 2.08. The maximum atomic E-state index is 11.6. The normalized spacial score (nSPS) is 12.2. The molecule has 0 aliphatic rings. The number of hydrogen-bond acceptors (Lipinski definition) is 5. The Morgan fingerprint density at radius 1 is 0.783 bits per heavy atom. The van der Waals surface area contributed by atoms with Gasteiger partial charge in [-0.1, -0.05) is 20.8 Å². The molecule has 0 aromatic rings. The zero-order chi connectivity index (χ0) is 17.5. The molecule has 1 atom stereocenters. The van der Waals surface area contributed by atoms with Crippen LogP contribution in [0.5, 0.6) is 0 Å². The van der Waals surface area contributed by atoms with Crippen LogP contribution in [0, 0.1) is 11.8 Å². The first-order valence-electron chi connectivity index (χ1n) is 8.75. The fourth-order valence-electron chi connectivity index (χ4n) is 2.04. The third kappa shape index (κ3) is 15.6. The van der Waals surface area contributed by atoms with E-state index in [1.807, 2.05) is 0 Å². The Labute approximate surface area is 141 Å². The molecule has 0 aromatic heterocycles. The zero-order valence-corrected chi connectivity index (χ0v) is 15.3. The molecule has 0 aliphatic carbocycles. The molecule has 23 heavy (non-hydrogen) atoms. The van der Waals surface area contributed by atoms with E-state index in [4.69, 9.17) is 14.2 Å². The van der Waals surface area contributed by atoms with Crippen LogP contribution in [0.2, 0.25) is 0 Å². The molecule has 0 aromatic carbocycles. The average Bonchev–Trinajstić information content (AvgIpc) is 2.49. The van der Waals surface area contributed by atoms with Crippen molar-refractivity contribution in [1.29, 1.82) is 0 Å². The van der Waals surface area contributed by atoms with Crippen molar-refractivity contribution in [3.8, 4) is 0 Å². The van der Waals surface area contributed by atoms with Gasteiger partial charge in [0.25, 0.3) is 0 Å². The molecule has 5 heteroatoms. The third-order valence-electron chi connectivity index (χ3n) is 3.64. The van der Waals surface area contributed by atoms with Gasteiger partial charge in [-0.3, -0.25) is 9.59 Å². The predicted molar refractivity (Wildman–Crippen MR) is 90.1 cm³/mol. The Morgan fingerprint density at radius 2 is 1.35 bits per heavy atom. The van der Waals surface area contributed by atoms with Gasteiger partial charge in [0.2, 0.25) is 0 Å². The highest BCUT2D eigenvalue weighted by molar-refractivity contribution is 5.72. The first kappa shape index (κ1) is 21.9. The minimum Gasteiger partial charge on any atom is -0.466 e. The molecule has 136 valence electrons. The molecule has 0 saturated heterocycles. The van der Waals surface area contributed by atoms with Gasteiger partial charge in [-0.15, -0.1) is 0 Å². The largest absolute Gasteiger partial charge is 0.466 e. The summed E-state index contributed by atoms with van der Waals surface area (Å²) in [5.41, 5.74) is 0. The second-order valence-electron chi connectivity index (χ2n) is 6.51. The Kier molecular flexibility index (Phi) is 13.8. The lowest BCUT2D eigenvalue weighted by Gasteiger charge is -2.11. The van der Waals surface area contributed by atoms with E-state index in [9.17, 15) is 9.59 Å². The van der Waals surface area contributed by atoms with Crippen molar-refractivity contribution in [2.24, 2.45) is 11.8 Å². The fraction of sp³-hybridized carbons (Fsp3) is 0.889. The monoisotopic (exact) mass is 330 g/mol. The quantitative estimate of drug-likeness (QED) is 0.359. The highest BCUT2D eigenvalue weighted by atomic mass is 16.5. The summed E-state index contributed by atoms with van der Waals surface area (Å²) in [6, 6.07) is 0. The summed E-state index contributed by atoms with van der Waals surface area (Å²) in [5.74, 6) is 0.635. The zero-order valence-electron chi connectivity index (χ0n) is 15.3. The van der Waals surface area contributed by atoms with Crippen LogP contribution in [-0.2, 0) is 23.8 Å². The van der Waals surface area contributed by atoms with E-state index in [0.29, 0.717) is 31.5 Å². The van der Waals surface area contributed by atoms with E-state index in [0.717, 1.165) is 32.3 Å². The van der Waals surface area contributed by atoms with E-state index < -0.39 is 0 Å². The first-order valence-corrected chi connectivity index (χ1v) is 8.75. The summed E-state index contributed by atoms with van der Waals surface area (Å²) in [4.78, 5) is 23.0. The maximum absolute atomic E-state index is 11.6. The molecule has 0 rings (SSSR count). The van der Waals surface area contributed by atoms with Gasteiger partial charge in [0.15, 0.2) is 0 Å². The highest BCUT2D eigenvalue weighted by Gasteiger charge is 2.08. The smallest absolute Gasteiger partial charge is 0.305 e. The van der Waals surface area contributed by atoms with Crippen LogP contribution < -0.4 is 0 Å². The molecule has 0 aliphatic heterocycles. The topological polar surface area (TPSA) is 61.8 Å². The minimum atomic E-state index is -0.239. The summed E-state index contributed by atoms with van der Waals surface area (Å²) < 4.78 is 15.3. The summed E-state index contributed by atoms with van der Waals surface area (Å²) in [5, 5.41) is 0. The molecule has 1 unspecified atom stereocenters. The summed E-state index contributed by atoms with van der Waals surface area (Å²) in [6.45, 7) is 8.04. The van der Waals surface area contributed by atoms with Crippen LogP contribution in [-0.4, -0.2) is 38.9 Å². The van der Waals surface area contributed by atoms with Gasteiger partial charge in [-0.25, -0.2) is 0 Å². The molecule has 0 bridgehead atoms. The van der Waals surface area contributed by atoms with Crippen molar-refractivity contribution in [3.05, 3.63) is 0 Å². The van der Waals surface area contributed by atoms with Gasteiger partial charge < -0.3 is 14.2 Å². The lowest BCUT2D eigenvalue weighted by Crippen LogP contribution is -2.11. The standard InChI is InChI=1S/C18H34O5/c1-15(2)7-6-12-22-17(19)8-5-9-18(20)23-14-11-16(3)10-13-21-4/h15-16H,5-14H2,1-4H3. The minimum absolute atomic E-state index is 0.227. The van der Waals surface area contributed by atoms with Gasteiger partial charge in [0.1, 0.15) is 0 Å². The molecule has 0 fully saturated rings. The number of carbonyl (C=O) groups excluding carboxylic acids is 2. The SMILES string of the molecule is COCCC(C)CCOC(=O)CCCC(=O)OCCCC(C)C. The summed E-state index contributed by atoms with van der Waals surface area (Å²) in [7, 11) is 1.68. The number of methoxy groups -OCH3 is 1. The Morgan fingerprint density at radius 3 is 1.91 bits per heavy atom. The van der Waals surface area contributed by atoms with E-state index in [1.165, 1.54) is 0 Å². The molecular weight excluding hydrogens is 296 g/mol. The van der Waals surface area contributed by atoms with Gasteiger partial charge >= 0.3 is 11.9 Å². The van der Waals surface area contributed by atoms with Crippen LogP contribution in [0.25, 0.3) is 0 Å². The van der Waals surface area contributed by atoms with Gasteiger partial charge in [0, 0.05) is 26.6 Å². The second kappa shape index (κ2) is 14.5. The van der Waals surface area contributed by atoms with Crippen LogP contribution in [0.3, 0.4) is 0 Å². The van der Waals surface area contributed by atoms with E-state index in [1.54, 1.807) is 7.11 Å². The van der Waals surface area contributed by atoms with Crippen molar-refractivity contribution in [1.82, 2.24) is 0 Å². The van der Waals surface area contributed by atoms with Gasteiger partial charge in [-0.05, 0) is 43.9 Å². The number of rotatable bonds is 14. The molecule has 0 N–H and O–H groups in total. The molecule has 5 nitrogen and oxygen atoms in total. The molecule has 0 saturated carbocycles. The Bertz CT molecular complexity index is 315. The van der Waals surface area contributed by atoms with Gasteiger partial charge in [-0.2, -0.15) is 0 Å². The van der Waals surface area contributed by atoms with Crippen LogP contribution in [0.4, 0.5) is 0 Å². The molecule has 0 radical (unpaired) electrons. The van der Waals surface area contributed by atoms with Gasteiger partial charge in [0.05, 0.1) is 13.2 Å². The summed E-state index contributed by atoms with van der Waals surface area (Å²) in [6.07, 6.45) is 4.80. The van der Waals surface area contributed by atoms with E-state index in [-0.39, 0.29) is 24.8 Å². The number of esters is 2. The average molecular weight is 330 g/mol. The third-order valence-corrected chi connectivity index (χ3v) is 3.64. The number of carbonyl (C=O) groups is 2. The predicted octanol–water partition coefficient (Wildman–Crippen LogP) is 3.74. The van der Waals surface area contributed by atoms with Crippen molar-refractivity contribution in [2.45, 2.75) is 65.7 Å². The van der Waals surface area contributed by atoms with Crippen molar-refractivity contribution in [3.63, 3.8) is 0 Å². The fourth-order valence-corrected chi connectivity index (χ4v) is 2.04. The van der Waals surface area contributed by atoms with Crippen molar-refractivity contribution >= 4 is 11.9 Å². The van der Waals surface area contributed by atoms with Crippen LogP contribution in [0.1, 0.15) is 65.7 Å². The van der Waals surface area contributed by atoms with Crippen molar-refractivity contribution in [2.75, 3.05) is 26.9 Å². The van der Waals surface area contributed by atoms with Crippen LogP contribution in [0.15, 0.2) is 0 Å². The Hall–Kier alpha value is -1.10. The molecule has 0 amide bonds. The number of ether oxygens (including phenoxy) is 3. The van der Waals surface area contributed by atoms with Crippen molar-refractivity contribution < 1.29 is 23.8 Å². The van der Waals surface area contributed by atoms with E-state index in [2.05, 4.69) is 20.8 Å². The molecule has 0 heterocycles. The second-order valence-corrected chi connectivity index (χ2v) is 6.51. The summed E-state index contributed by atoms with van der Waals surface area (Å²) >= 11 is 0. The van der Waals surface area contributed by atoms with Crippen LogP contribution >= 0.6 is 0 Å². The lowest BCUT2D eigenvalue weighted by molar-refractivity contribution is -0.145. The maximum Gasteiger partial charge on any atom is 0.305 e.